The van der Waals surface area contributed by atoms with Crippen molar-refractivity contribution in [1.82, 2.24) is 14.5 Å². The summed E-state index contributed by atoms with van der Waals surface area (Å²) in [5.74, 6) is 0.437. The largest absolute Gasteiger partial charge is 0.383 e. The molecule has 0 bridgehead atoms. The fraction of sp³-hybridized carbons (Fsp3) is 0. The molecule has 0 fully saturated rings. The van der Waals surface area contributed by atoms with Gasteiger partial charge >= 0.3 is 0 Å². The number of pyridine rings is 1. The second kappa shape index (κ2) is 5.15. The van der Waals surface area contributed by atoms with Crippen LogP contribution >= 0.6 is 23.2 Å². The maximum absolute atomic E-state index is 6.23. The highest BCUT2D eigenvalue weighted by molar-refractivity contribution is 6.34. The molecule has 3 aromatic rings. The molecule has 20 heavy (non-hydrogen) atoms. The zero-order chi connectivity index (χ0) is 14.1. The Labute approximate surface area is 125 Å². The lowest BCUT2D eigenvalue weighted by Crippen LogP contribution is -1.99. The molecule has 6 heteroatoms. The quantitative estimate of drug-likeness (QED) is 0.783. The fourth-order valence-corrected chi connectivity index (χ4v) is 2.37. The third-order valence-corrected chi connectivity index (χ3v) is 3.48. The van der Waals surface area contributed by atoms with Crippen LogP contribution in [0.25, 0.3) is 16.9 Å². The number of rotatable bonds is 2. The molecule has 0 saturated heterocycles. The standard InChI is InChI=1S/C14H10Cl2N4/c15-9-3-4-11(16)12(6-9)20-8-18-7-13(20)10-2-1-5-19-14(10)17/h1-8H,(H2,17,19). The Bertz CT molecular complexity index is 767. The SMILES string of the molecule is Nc1ncccc1-c1cncn1-c1cc(Cl)ccc1Cl. The molecule has 0 unspecified atom stereocenters. The number of imidazole rings is 1. The van der Waals surface area contributed by atoms with E-state index in [1.54, 1.807) is 36.9 Å². The van der Waals surface area contributed by atoms with Gasteiger partial charge in [-0.15, -0.1) is 0 Å². The maximum Gasteiger partial charge on any atom is 0.132 e. The molecule has 0 aliphatic heterocycles. The van der Waals surface area contributed by atoms with Gasteiger partial charge in [-0.1, -0.05) is 23.2 Å². The summed E-state index contributed by atoms with van der Waals surface area (Å²) < 4.78 is 1.83. The van der Waals surface area contributed by atoms with E-state index < -0.39 is 0 Å². The van der Waals surface area contributed by atoms with Crippen LogP contribution in [0, 0.1) is 0 Å². The molecule has 0 atom stereocenters. The van der Waals surface area contributed by atoms with E-state index in [1.165, 1.54) is 0 Å². The van der Waals surface area contributed by atoms with Gasteiger partial charge in [-0.3, -0.25) is 4.57 Å². The van der Waals surface area contributed by atoms with E-state index in [0.29, 0.717) is 15.9 Å². The fourth-order valence-electron chi connectivity index (χ4n) is 1.99. The van der Waals surface area contributed by atoms with E-state index in [2.05, 4.69) is 9.97 Å². The van der Waals surface area contributed by atoms with Crippen molar-refractivity contribution in [2.75, 3.05) is 5.73 Å². The molecule has 0 aliphatic carbocycles. The normalized spacial score (nSPS) is 10.7. The van der Waals surface area contributed by atoms with Crippen molar-refractivity contribution >= 4 is 29.0 Å². The van der Waals surface area contributed by atoms with Crippen molar-refractivity contribution in [3.63, 3.8) is 0 Å². The number of benzene rings is 1. The average molecular weight is 305 g/mol. The topological polar surface area (TPSA) is 56.7 Å². The smallest absolute Gasteiger partial charge is 0.132 e. The van der Waals surface area contributed by atoms with Crippen molar-refractivity contribution in [2.24, 2.45) is 0 Å². The first-order valence-corrected chi connectivity index (χ1v) is 6.61. The van der Waals surface area contributed by atoms with Gasteiger partial charge in [-0.05, 0) is 30.3 Å². The van der Waals surface area contributed by atoms with Gasteiger partial charge in [0, 0.05) is 16.8 Å². The lowest BCUT2D eigenvalue weighted by molar-refractivity contribution is 1.06. The predicted molar refractivity (Wildman–Crippen MR) is 81.2 cm³/mol. The zero-order valence-corrected chi connectivity index (χ0v) is 11.8. The number of aromatic nitrogens is 3. The number of hydrogen-bond donors (Lipinski definition) is 1. The Balaban J connectivity index is 2.21. The van der Waals surface area contributed by atoms with Gasteiger partial charge in [0.25, 0.3) is 0 Å². The van der Waals surface area contributed by atoms with Gasteiger partial charge < -0.3 is 5.73 Å². The minimum Gasteiger partial charge on any atom is -0.383 e. The molecule has 2 aromatic heterocycles. The lowest BCUT2D eigenvalue weighted by atomic mass is 10.2. The molecule has 0 radical (unpaired) electrons. The summed E-state index contributed by atoms with van der Waals surface area (Å²) in [6, 6.07) is 8.97. The van der Waals surface area contributed by atoms with E-state index in [-0.39, 0.29) is 0 Å². The summed E-state index contributed by atoms with van der Waals surface area (Å²) in [6.45, 7) is 0. The maximum atomic E-state index is 6.23. The van der Waals surface area contributed by atoms with Crippen LogP contribution < -0.4 is 5.73 Å². The van der Waals surface area contributed by atoms with E-state index in [4.69, 9.17) is 28.9 Å². The van der Waals surface area contributed by atoms with Gasteiger partial charge in [0.05, 0.1) is 28.9 Å². The molecule has 0 aliphatic rings. The molecule has 0 amide bonds. The van der Waals surface area contributed by atoms with Crippen LogP contribution in [0.1, 0.15) is 0 Å². The Morgan fingerprint density at radius 3 is 2.80 bits per heavy atom. The second-order valence-electron chi connectivity index (χ2n) is 4.18. The van der Waals surface area contributed by atoms with Crippen molar-refractivity contribution < 1.29 is 0 Å². The zero-order valence-electron chi connectivity index (χ0n) is 10.3. The highest BCUT2D eigenvalue weighted by atomic mass is 35.5. The van der Waals surface area contributed by atoms with Crippen LogP contribution in [0.4, 0.5) is 5.82 Å². The van der Waals surface area contributed by atoms with Crippen molar-refractivity contribution in [3.05, 3.63) is 59.1 Å². The van der Waals surface area contributed by atoms with Gasteiger partial charge in [0.2, 0.25) is 0 Å². The molecule has 0 saturated carbocycles. The Hall–Kier alpha value is -2.04. The molecule has 100 valence electrons. The summed E-state index contributed by atoms with van der Waals surface area (Å²) in [6.07, 6.45) is 5.02. The Kier molecular flexibility index (Phi) is 3.34. The summed E-state index contributed by atoms with van der Waals surface area (Å²) in [5, 5.41) is 1.18. The molecule has 1 aromatic carbocycles. The molecule has 0 spiro atoms. The molecule has 4 nitrogen and oxygen atoms in total. The van der Waals surface area contributed by atoms with Crippen LogP contribution in [0.3, 0.4) is 0 Å². The Morgan fingerprint density at radius 2 is 2.00 bits per heavy atom. The first-order valence-electron chi connectivity index (χ1n) is 5.85. The van der Waals surface area contributed by atoms with Crippen molar-refractivity contribution in [1.29, 1.82) is 0 Å². The van der Waals surface area contributed by atoms with E-state index in [1.807, 2.05) is 16.7 Å². The number of nitrogens with two attached hydrogens (primary N) is 1. The average Bonchev–Trinajstić information content (AvgIpc) is 2.91. The first kappa shape index (κ1) is 13.0. The van der Waals surface area contributed by atoms with Crippen LogP contribution in [-0.2, 0) is 0 Å². The van der Waals surface area contributed by atoms with Gasteiger partial charge in [-0.2, -0.15) is 0 Å². The summed E-state index contributed by atoms with van der Waals surface area (Å²) >= 11 is 12.3. The summed E-state index contributed by atoms with van der Waals surface area (Å²) in [4.78, 5) is 8.25. The first-order chi connectivity index (χ1) is 9.66. The summed E-state index contributed by atoms with van der Waals surface area (Å²) in [5.41, 5.74) is 8.26. The number of hydrogen-bond acceptors (Lipinski definition) is 3. The van der Waals surface area contributed by atoms with Crippen molar-refractivity contribution in [2.45, 2.75) is 0 Å². The summed E-state index contributed by atoms with van der Waals surface area (Å²) in [7, 11) is 0. The second-order valence-corrected chi connectivity index (χ2v) is 5.02. The predicted octanol–water partition coefficient (Wildman–Crippen LogP) is 3.82. The monoisotopic (exact) mass is 304 g/mol. The minimum absolute atomic E-state index is 0.437. The highest BCUT2D eigenvalue weighted by Crippen LogP contribution is 2.30. The third kappa shape index (κ3) is 2.24. The lowest BCUT2D eigenvalue weighted by Gasteiger charge is -2.11. The van der Waals surface area contributed by atoms with Crippen LogP contribution in [-0.4, -0.2) is 14.5 Å². The molecule has 2 heterocycles. The van der Waals surface area contributed by atoms with E-state index in [9.17, 15) is 0 Å². The molecular weight excluding hydrogens is 295 g/mol. The molecule has 3 rings (SSSR count). The van der Waals surface area contributed by atoms with E-state index in [0.717, 1.165) is 16.9 Å². The van der Waals surface area contributed by atoms with Crippen molar-refractivity contribution in [3.8, 4) is 16.9 Å². The Morgan fingerprint density at radius 1 is 1.15 bits per heavy atom. The van der Waals surface area contributed by atoms with Crippen LogP contribution in [0.2, 0.25) is 10.0 Å². The van der Waals surface area contributed by atoms with E-state index >= 15 is 0 Å². The third-order valence-electron chi connectivity index (χ3n) is 2.92. The van der Waals surface area contributed by atoms with Gasteiger partial charge in [-0.25, -0.2) is 9.97 Å². The molecule has 2 N–H and O–H groups in total. The van der Waals surface area contributed by atoms with Crippen LogP contribution in [0.15, 0.2) is 49.1 Å². The number of nitrogen functional groups attached to an aromatic ring is 1. The number of halogens is 2. The van der Waals surface area contributed by atoms with Crippen LogP contribution in [0.5, 0.6) is 0 Å². The number of nitrogens with zero attached hydrogens (tertiary/aromatic N) is 3. The van der Waals surface area contributed by atoms with Gasteiger partial charge in [0.1, 0.15) is 5.82 Å². The minimum atomic E-state index is 0.437. The van der Waals surface area contributed by atoms with Gasteiger partial charge in [0.15, 0.2) is 0 Å². The highest BCUT2D eigenvalue weighted by Gasteiger charge is 2.12. The number of anilines is 1. The molecular formula is C14H10Cl2N4.